The summed E-state index contributed by atoms with van der Waals surface area (Å²) in [5, 5.41) is 28.5. The molecule has 0 bridgehead atoms. The van der Waals surface area contributed by atoms with Crippen LogP contribution in [-0.4, -0.2) is 77.4 Å². The zero-order valence-electron chi connectivity index (χ0n) is 28.0. The minimum Gasteiger partial charge on any atom is -0.493 e. The van der Waals surface area contributed by atoms with Crippen LogP contribution in [0.4, 0.5) is 11.4 Å². The van der Waals surface area contributed by atoms with Gasteiger partial charge in [-0.3, -0.25) is 29.8 Å². The molecule has 0 saturated carbocycles. The number of amides is 2. The van der Waals surface area contributed by atoms with Gasteiger partial charge in [0.2, 0.25) is 11.5 Å². The Morgan fingerprint density at radius 3 is 1.12 bits per heavy atom. The second kappa shape index (κ2) is 16.0. The van der Waals surface area contributed by atoms with Gasteiger partial charge in [-0.2, -0.15) is 0 Å². The summed E-state index contributed by atoms with van der Waals surface area (Å²) in [6.45, 7) is -0.202. The van der Waals surface area contributed by atoms with Crippen LogP contribution in [0.5, 0.6) is 34.5 Å². The van der Waals surface area contributed by atoms with Gasteiger partial charge in [0.1, 0.15) is 0 Å². The van der Waals surface area contributed by atoms with E-state index in [0.29, 0.717) is 56.8 Å². The fraction of sp³-hybridized carbons (Fsp3) is 0.235. The first-order valence-corrected chi connectivity index (χ1v) is 14.8. The van der Waals surface area contributed by atoms with Gasteiger partial charge >= 0.3 is 0 Å². The van der Waals surface area contributed by atoms with Crippen LogP contribution in [0.25, 0.3) is 22.3 Å². The van der Waals surface area contributed by atoms with E-state index < -0.39 is 21.7 Å². The van der Waals surface area contributed by atoms with Crippen LogP contribution in [0.1, 0.15) is 20.7 Å². The van der Waals surface area contributed by atoms with Crippen LogP contribution in [0.2, 0.25) is 0 Å². The smallest absolute Gasteiger partial charge is 0.270 e. The summed E-state index contributed by atoms with van der Waals surface area (Å²) in [5.41, 5.74) is 0.905. The van der Waals surface area contributed by atoms with Crippen molar-refractivity contribution in [3.05, 3.63) is 92.0 Å². The molecule has 16 heteroatoms. The normalized spacial score (nSPS) is 10.4. The summed E-state index contributed by atoms with van der Waals surface area (Å²) in [5.74, 6) is 0.532. The molecular weight excluding hydrogens is 656 g/mol. The molecule has 0 radical (unpaired) electrons. The van der Waals surface area contributed by atoms with Crippen molar-refractivity contribution in [3.8, 4) is 56.8 Å². The molecule has 0 aromatic heterocycles. The standard InChI is InChI=1S/C34H34N4O12/c1-45-27-13-19(14-28(46-2)31(27)49-5)23-9-7-21(37(41)42)17-25(23)33(39)35-11-12-36-34(40)26-18-22(38(43)44)8-10-24(26)20-15-29(47-3)32(50-6)30(16-20)48-4/h7-10,13-18H,11-12H2,1-6H3,(H,35,39)(H,36,40). The Morgan fingerprint density at radius 1 is 0.540 bits per heavy atom. The highest BCUT2D eigenvalue weighted by molar-refractivity contribution is 6.03. The number of nitrogens with zero attached hydrogens (tertiary/aromatic N) is 2. The summed E-state index contributed by atoms with van der Waals surface area (Å²) in [6, 6.07) is 14.1. The van der Waals surface area contributed by atoms with E-state index in [9.17, 15) is 29.8 Å². The van der Waals surface area contributed by atoms with E-state index >= 15 is 0 Å². The predicted molar refractivity (Wildman–Crippen MR) is 181 cm³/mol. The van der Waals surface area contributed by atoms with Crippen LogP contribution < -0.4 is 39.1 Å². The predicted octanol–water partition coefficient (Wildman–Crippen LogP) is 5.05. The SMILES string of the molecule is COc1cc(-c2ccc([N+](=O)[O-])cc2C(=O)NCCNC(=O)c2cc([N+](=O)[O-])ccc2-c2cc(OC)c(OC)c(OC)c2)cc(OC)c1OC. The first-order valence-electron chi connectivity index (χ1n) is 14.8. The number of nitro groups is 2. The Morgan fingerprint density at radius 2 is 0.860 bits per heavy atom. The average molecular weight is 691 g/mol. The Balaban J connectivity index is 1.60. The maximum absolute atomic E-state index is 13.4. The zero-order chi connectivity index (χ0) is 36.5. The largest absolute Gasteiger partial charge is 0.493 e. The molecule has 0 heterocycles. The molecule has 2 amide bonds. The summed E-state index contributed by atoms with van der Waals surface area (Å²) < 4.78 is 32.4. The van der Waals surface area contributed by atoms with E-state index in [1.165, 1.54) is 66.9 Å². The highest BCUT2D eigenvalue weighted by atomic mass is 16.6. The monoisotopic (exact) mass is 690 g/mol. The van der Waals surface area contributed by atoms with Crippen LogP contribution >= 0.6 is 0 Å². The number of benzene rings is 4. The number of ether oxygens (including phenoxy) is 6. The van der Waals surface area contributed by atoms with Gasteiger partial charge in [-0.25, -0.2) is 0 Å². The molecule has 50 heavy (non-hydrogen) atoms. The van der Waals surface area contributed by atoms with Gasteiger partial charge in [-0.1, -0.05) is 0 Å². The summed E-state index contributed by atoms with van der Waals surface area (Å²) in [7, 11) is 8.61. The zero-order valence-corrected chi connectivity index (χ0v) is 28.0. The Hall–Kier alpha value is -6.58. The maximum Gasteiger partial charge on any atom is 0.270 e. The Kier molecular flexibility index (Phi) is 11.6. The number of hydrogen-bond donors (Lipinski definition) is 2. The number of nitrogens with one attached hydrogen (secondary N) is 2. The summed E-state index contributed by atoms with van der Waals surface area (Å²) in [6.07, 6.45) is 0. The first-order chi connectivity index (χ1) is 24.0. The molecule has 0 unspecified atom stereocenters. The molecule has 0 atom stereocenters. The van der Waals surface area contributed by atoms with E-state index in [4.69, 9.17) is 28.4 Å². The molecule has 4 rings (SSSR count). The molecule has 0 aliphatic rings. The van der Waals surface area contributed by atoms with E-state index in [2.05, 4.69) is 10.6 Å². The van der Waals surface area contributed by atoms with Crippen LogP contribution in [-0.2, 0) is 0 Å². The van der Waals surface area contributed by atoms with Crippen molar-refractivity contribution >= 4 is 23.2 Å². The van der Waals surface area contributed by atoms with Crippen molar-refractivity contribution in [1.82, 2.24) is 10.6 Å². The van der Waals surface area contributed by atoms with Crippen LogP contribution in [0.15, 0.2) is 60.7 Å². The van der Waals surface area contributed by atoms with Gasteiger partial charge in [0.15, 0.2) is 23.0 Å². The third kappa shape index (κ3) is 7.59. The topological polar surface area (TPSA) is 200 Å². The van der Waals surface area contributed by atoms with E-state index in [0.717, 1.165) is 12.1 Å². The average Bonchev–Trinajstić information content (AvgIpc) is 3.14. The number of carbonyl (C=O) groups is 2. The number of non-ortho nitro benzene ring substituents is 2. The molecule has 262 valence electrons. The van der Waals surface area contributed by atoms with Gasteiger partial charge < -0.3 is 39.1 Å². The lowest BCUT2D eigenvalue weighted by Gasteiger charge is -2.16. The maximum atomic E-state index is 13.4. The lowest BCUT2D eigenvalue weighted by Crippen LogP contribution is -2.35. The van der Waals surface area contributed by atoms with Crippen molar-refractivity contribution in [3.63, 3.8) is 0 Å². The van der Waals surface area contributed by atoms with E-state index in [1.54, 1.807) is 24.3 Å². The fourth-order valence-corrected chi connectivity index (χ4v) is 5.19. The Labute approximate surface area is 286 Å². The number of hydrogen-bond acceptors (Lipinski definition) is 12. The molecule has 2 N–H and O–H groups in total. The Bertz CT molecular complexity index is 1760. The molecule has 0 aliphatic carbocycles. The van der Waals surface area contributed by atoms with Crippen molar-refractivity contribution in [1.29, 1.82) is 0 Å². The minimum absolute atomic E-state index is 0.0248. The number of carbonyl (C=O) groups excluding carboxylic acids is 2. The van der Waals surface area contributed by atoms with E-state index in [1.807, 2.05) is 0 Å². The molecular formula is C34H34N4O12. The quantitative estimate of drug-likeness (QED) is 0.0957. The second-order valence-corrected chi connectivity index (χ2v) is 10.3. The van der Waals surface area contributed by atoms with Crippen LogP contribution in [0, 0.1) is 20.2 Å². The molecule has 4 aromatic carbocycles. The minimum atomic E-state index is -0.667. The van der Waals surface area contributed by atoms with Gasteiger partial charge in [-0.15, -0.1) is 0 Å². The fourth-order valence-electron chi connectivity index (χ4n) is 5.19. The molecule has 4 aromatic rings. The number of rotatable bonds is 15. The number of nitro benzene ring substituents is 2. The lowest BCUT2D eigenvalue weighted by atomic mass is 9.97. The van der Waals surface area contributed by atoms with Crippen molar-refractivity contribution in [2.75, 3.05) is 55.7 Å². The summed E-state index contributed by atoms with van der Waals surface area (Å²) >= 11 is 0. The second-order valence-electron chi connectivity index (χ2n) is 10.3. The number of methoxy groups -OCH3 is 6. The first kappa shape index (κ1) is 36.3. The highest BCUT2D eigenvalue weighted by Crippen LogP contribution is 2.43. The third-order valence-electron chi connectivity index (χ3n) is 7.56. The van der Waals surface area contributed by atoms with Gasteiger partial charge in [-0.05, 0) is 58.7 Å². The van der Waals surface area contributed by atoms with Crippen LogP contribution in [0.3, 0.4) is 0 Å². The van der Waals surface area contributed by atoms with Gasteiger partial charge in [0.05, 0.1) is 63.6 Å². The molecule has 0 spiro atoms. The van der Waals surface area contributed by atoms with Crippen molar-refractivity contribution < 1.29 is 47.9 Å². The highest BCUT2D eigenvalue weighted by Gasteiger charge is 2.23. The summed E-state index contributed by atoms with van der Waals surface area (Å²) in [4.78, 5) is 48.8. The van der Waals surface area contributed by atoms with Crippen molar-refractivity contribution in [2.24, 2.45) is 0 Å². The van der Waals surface area contributed by atoms with E-state index in [-0.39, 0.29) is 35.6 Å². The lowest BCUT2D eigenvalue weighted by molar-refractivity contribution is -0.385. The molecule has 0 saturated heterocycles. The van der Waals surface area contributed by atoms with Crippen molar-refractivity contribution in [2.45, 2.75) is 0 Å². The molecule has 0 fully saturated rings. The molecule has 0 aliphatic heterocycles. The van der Waals surface area contributed by atoms with Gasteiger partial charge in [0.25, 0.3) is 23.2 Å². The van der Waals surface area contributed by atoms with Gasteiger partial charge in [0, 0.05) is 37.4 Å². The third-order valence-corrected chi connectivity index (χ3v) is 7.56. The molecule has 16 nitrogen and oxygen atoms in total.